The van der Waals surface area contributed by atoms with Crippen LogP contribution in [0.15, 0.2) is 36.5 Å². The maximum absolute atomic E-state index is 11.7. The van der Waals surface area contributed by atoms with Crippen molar-refractivity contribution >= 4 is 28.4 Å². The fraction of sp³-hybridized carbons (Fsp3) is 0.333. The van der Waals surface area contributed by atoms with E-state index < -0.39 is 10.9 Å². The quantitative estimate of drug-likeness (QED) is 0.408. The first kappa shape index (κ1) is 18.9. The van der Waals surface area contributed by atoms with Crippen LogP contribution in [0.1, 0.15) is 40.4 Å². The molecule has 3 heterocycles. The number of fused-ring (bicyclic) bond motifs is 1. The number of aryl methyl sites for hydroxylation is 1. The molecule has 1 aliphatic rings. The van der Waals surface area contributed by atoms with Gasteiger partial charge in [0.25, 0.3) is 0 Å². The fourth-order valence-electron chi connectivity index (χ4n) is 4.26. The number of pyridine rings is 1. The van der Waals surface area contributed by atoms with E-state index in [1.165, 1.54) is 36.0 Å². The molecule has 4 rings (SSSR count). The van der Waals surface area contributed by atoms with Crippen molar-refractivity contribution in [2.75, 3.05) is 25.1 Å². The smallest absolute Gasteiger partial charge is 0.339 e. The normalized spacial score (nSPS) is 14.9. The number of esters is 1. The van der Waals surface area contributed by atoms with Gasteiger partial charge in [-0.3, -0.25) is 10.1 Å². The SMILES string of the molecule is COC(=O)c1cnc(N2CCC(c3c(C)[nH]c4ccccc34)CC2)c([N+](=O)[O-])c1. The van der Waals surface area contributed by atoms with E-state index in [2.05, 4.69) is 33.8 Å². The molecule has 150 valence electrons. The van der Waals surface area contributed by atoms with Crippen molar-refractivity contribution in [3.8, 4) is 0 Å². The van der Waals surface area contributed by atoms with Crippen LogP contribution in [0.5, 0.6) is 0 Å². The van der Waals surface area contributed by atoms with Crippen molar-refractivity contribution < 1.29 is 14.5 Å². The number of nitro groups is 1. The predicted octanol–water partition coefficient (Wildman–Crippen LogP) is 3.95. The van der Waals surface area contributed by atoms with Crippen molar-refractivity contribution in [2.45, 2.75) is 25.7 Å². The van der Waals surface area contributed by atoms with Crippen LogP contribution in [0, 0.1) is 17.0 Å². The van der Waals surface area contributed by atoms with Crippen molar-refractivity contribution in [3.63, 3.8) is 0 Å². The minimum absolute atomic E-state index is 0.0762. The number of hydrogen-bond donors (Lipinski definition) is 1. The fourth-order valence-corrected chi connectivity index (χ4v) is 4.26. The summed E-state index contributed by atoms with van der Waals surface area (Å²) in [6, 6.07) is 9.53. The molecule has 0 bridgehead atoms. The number of rotatable bonds is 4. The van der Waals surface area contributed by atoms with Crippen molar-refractivity contribution in [1.29, 1.82) is 0 Å². The van der Waals surface area contributed by atoms with Gasteiger partial charge in [-0.15, -0.1) is 0 Å². The molecule has 0 aliphatic carbocycles. The molecule has 1 aliphatic heterocycles. The number of anilines is 1. The van der Waals surface area contributed by atoms with Crippen LogP contribution in [0.25, 0.3) is 10.9 Å². The highest BCUT2D eigenvalue weighted by Gasteiger charge is 2.29. The number of para-hydroxylation sites is 1. The standard InChI is InChI=1S/C21H22N4O4/c1-13-19(16-5-3-4-6-17(16)23-13)14-7-9-24(10-8-14)20-18(25(27)28)11-15(12-22-20)21(26)29-2/h3-6,11-12,14,23H,7-10H2,1-2H3. The minimum atomic E-state index is -0.638. The van der Waals surface area contributed by atoms with Gasteiger partial charge in [-0.1, -0.05) is 18.2 Å². The van der Waals surface area contributed by atoms with Gasteiger partial charge < -0.3 is 14.6 Å². The maximum atomic E-state index is 11.7. The zero-order valence-corrected chi connectivity index (χ0v) is 16.3. The number of aromatic amines is 1. The molecule has 0 amide bonds. The van der Waals surface area contributed by atoms with Crippen LogP contribution < -0.4 is 4.90 Å². The summed E-state index contributed by atoms with van der Waals surface area (Å²) in [7, 11) is 1.24. The van der Waals surface area contributed by atoms with Gasteiger partial charge in [0.05, 0.1) is 17.6 Å². The molecule has 0 saturated carbocycles. The summed E-state index contributed by atoms with van der Waals surface area (Å²) < 4.78 is 4.64. The predicted molar refractivity (Wildman–Crippen MR) is 109 cm³/mol. The van der Waals surface area contributed by atoms with E-state index in [0.29, 0.717) is 24.8 Å². The summed E-state index contributed by atoms with van der Waals surface area (Å²) in [4.78, 5) is 32.4. The van der Waals surface area contributed by atoms with E-state index in [0.717, 1.165) is 18.4 Å². The number of hydrogen-bond acceptors (Lipinski definition) is 6. The van der Waals surface area contributed by atoms with E-state index in [9.17, 15) is 14.9 Å². The van der Waals surface area contributed by atoms with E-state index in [1.807, 2.05) is 17.0 Å². The van der Waals surface area contributed by atoms with Crippen molar-refractivity contribution in [1.82, 2.24) is 9.97 Å². The number of nitrogens with zero attached hydrogens (tertiary/aromatic N) is 3. The maximum Gasteiger partial charge on any atom is 0.339 e. The van der Waals surface area contributed by atoms with E-state index in [4.69, 9.17) is 0 Å². The molecule has 2 aromatic heterocycles. The van der Waals surface area contributed by atoms with Crippen LogP contribution in [0.2, 0.25) is 0 Å². The van der Waals surface area contributed by atoms with Crippen LogP contribution >= 0.6 is 0 Å². The second-order valence-electron chi connectivity index (χ2n) is 7.29. The highest BCUT2D eigenvalue weighted by atomic mass is 16.6. The Hall–Kier alpha value is -3.42. The zero-order valence-electron chi connectivity index (χ0n) is 16.3. The Labute approximate surface area is 167 Å². The number of methoxy groups -OCH3 is 1. The number of ether oxygens (including phenoxy) is 1. The molecule has 0 unspecified atom stereocenters. The van der Waals surface area contributed by atoms with Gasteiger partial charge >= 0.3 is 11.7 Å². The number of aromatic nitrogens is 2. The van der Waals surface area contributed by atoms with Gasteiger partial charge in [0.15, 0.2) is 0 Å². The Bertz CT molecular complexity index is 1080. The average Bonchev–Trinajstić information content (AvgIpc) is 3.08. The topological polar surface area (TPSA) is 101 Å². The Balaban J connectivity index is 1.57. The molecule has 3 aromatic rings. The van der Waals surface area contributed by atoms with E-state index >= 15 is 0 Å². The van der Waals surface area contributed by atoms with Crippen LogP contribution in [-0.2, 0) is 4.74 Å². The number of carbonyl (C=O) groups is 1. The minimum Gasteiger partial charge on any atom is -0.465 e. The first-order chi connectivity index (χ1) is 14.0. The highest BCUT2D eigenvalue weighted by Crippen LogP contribution is 2.38. The Morgan fingerprint density at radius 3 is 2.72 bits per heavy atom. The molecule has 0 radical (unpaired) electrons. The van der Waals surface area contributed by atoms with E-state index in [1.54, 1.807) is 0 Å². The molecular formula is C21H22N4O4. The lowest BCUT2D eigenvalue weighted by Gasteiger charge is -2.32. The largest absolute Gasteiger partial charge is 0.465 e. The summed E-state index contributed by atoms with van der Waals surface area (Å²) in [6.45, 7) is 3.42. The summed E-state index contributed by atoms with van der Waals surface area (Å²) in [5.41, 5.74) is 3.56. The Morgan fingerprint density at radius 1 is 1.31 bits per heavy atom. The highest BCUT2D eigenvalue weighted by molar-refractivity contribution is 5.90. The number of carbonyl (C=O) groups excluding carboxylic acids is 1. The third-order valence-corrected chi connectivity index (χ3v) is 5.61. The Morgan fingerprint density at radius 2 is 2.03 bits per heavy atom. The van der Waals surface area contributed by atoms with Crippen LogP contribution in [0.4, 0.5) is 11.5 Å². The lowest BCUT2D eigenvalue weighted by Crippen LogP contribution is -2.34. The molecule has 1 fully saturated rings. The lowest BCUT2D eigenvalue weighted by molar-refractivity contribution is -0.384. The van der Waals surface area contributed by atoms with Gasteiger partial charge in [0.2, 0.25) is 5.82 Å². The van der Waals surface area contributed by atoms with Crippen LogP contribution in [-0.4, -0.2) is 41.1 Å². The Kier molecular flexibility index (Phi) is 4.92. The molecule has 1 saturated heterocycles. The summed E-state index contributed by atoms with van der Waals surface area (Å²) >= 11 is 0. The monoisotopic (exact) mass is 394 g/mol. The molecule has 0 spiro atoms. The second kappa shape index (κ2) is 7.54. The summed E-state index contributed by atoms with van der Waals surface area (Å²) in [5.74, 6) is 0.0493. The van der Waals surface area contributed by atoms with Crippen LogP contribution in [0.3, 0.4) is 0 Å². The molecule has 29 heavy (non-hydrogen) atoms. The van der Waals surface area contributed by atoms with Gasteiger partial charge in [0.1, 0.15) is 0 Å². The summed E-state index contributed by atoms with van der Waals surface area (Å²) in [5, 5.41) is 12.8. The number of piperidine rings is 1. The first-order valence-corrected chi connectivity index (χ1v) is 9.54. The molecule has 1 N–H and O–H groups in total. The first-order valence-electron chi connectivity index (χ1n) is 9.54. The zero-order chi connectivity index (χ0) is 20.5. The van der Waals surface area contributed by atoms with E-state index in [-0.39, 0.29) is 11.3 Å². The number of benzene rings is 1. The third-order valence-electron chi connectivity index (χ3n) is 5.61. The summed E-state index contributed by atoms with van der Waals surface area (Å²) in [6.07, 6.45) is 3.09. The molecule has 8 nitrogen and oxygen atoms in total. The molecule has 0 atom stereocenters. The average molecular weight is 394 g/mol. The van der Waals surface area contributed by atoms with Gasteiger partial charge in [0, 0.05) is 41.9 Å². The number of H-pyrrole nitrogens is 1. The third kappa shape index (κ3) is 3.41. The van der Waals surface area contributed by atoms with Crippen molar-refractivity contribution in [3.05, 3.63) is 63.5 Å². The van der Waals surface area contributed by atoms with Crippen molar-refractivity contribution in [2.24, 2.45) is 0 Å². The second-order valence-corrected chi connectivity index (χ2v) is 7.29. The lowest BCUT2D eigenvalue weighted by atomic mass is 9.87. The number of nitrogens with one attached hydrogen (secondary N) is 1. The molecule has 8 heteroatoms. The molecule has 1 aromatic carbocycles. The van der Waals surface area contributed by atoms with Gasteiger partial charge in [-0.2, -0.15) is 0 Å². The van der Waals surface area contributed by atoms with Gasteiger partial charge in [-0.25, -0.2) is 9.78 Å². The molecular weight excluding hydrogens is 372 g/mol. The van der Waals surface area contributed by atoms with Gasteiger partial charge in [-0.05, 0) is 37.3 Å².